The Hall–Kier alpha value is -0.705. The highest BCUT2D eigenvalue weighted by atomic mass is 35.5. The molecule has 92 valence electrons. The van der Waals surface area contributed by atoms with Crippen molar-refractivity contribution in [2.24, 2.45) is 5.92 Å². The molecule has 1 saturated heterocycles. The molecule has 1 heterocycles. The predicted octanol–water partition coefficient (Wildman–Crippen LogP) is 1.26. The summed E-state index contributed by atoms with van der Waals surface area (Å²) in [7, 11) is -1.50. The van der Waals surface area contributed by atoms with Gasteiger partial charge in [-0.1, -0.05) is 24.6 Å². The van der Waals surface area contributed by atoms with Gasteiger partial charge in [-0.3, -0.25) is 0 Å². The van der Waals surface area contributed by atoms with Crippen molar-refractivity contribution in [1.82, 2.24) is 0 Å². The van der Waals surface area contributed by atoms with E-state index < -0.39 is 7.12 Å². The molecule has 3 nitrogen and oxygen atoms in total. The fraction of sp³-hybridized carbons (Fsp3) is 0.500. The molecule has 17 heavy (non-hydrogen) atoms. The van der Waals surface area contributed by atoms with Crippen LogP contribution in [0.1, 0.15) is 19.8 Å². The normalized spacial score (nSPS) is 20.5. The molecule has 1 atom stereocenters. The van der Waals surface area contributed by atoms with Gasteiger partial charge in [0.1, 0.15) is 0 Å². The van der Waals surface area contributed by atoms with E-state index in [1.54, 1.807) is 6.07 Å². The summed E-state index contributed by atoms with van der Waals surface area (Å²) in [5.41, 5.74) is 1.42. The van der Waals surface area contributed by atoms with Crippen LogP contribution in [0.15, 0.2) is 18.2 Å². The average molecular weight is 254 g/mol. The zero-order valence-electron chi connectivity index (χ0n) is 9.93. The van der Waals surface area contributed by atoms with E-state index in [1.807, 2.05) is 12.1 Å². The van der Waals surface area contributed by atoms with Crippen LogP contribution in [-0.2, 0) is 0 Å². The van der Waals surface area contributed by atoms with Gasteiger partial charge in [0.25, 0.3) is 0 Å². The maximum Gasteiger partial charge on any atom is 0.489 e. The molecule has 0 saturated carbocycles. The molecule has 2 N–H and O–H groups in total. The topological polar surface area (TPSA) is 43.7 Å². The van der Waals surface area contributed by atoms with Crippen LogP contribution in [0, 0.1) is 5.92 Å². The van der Waals surface area contributed by atoms with Gasteiger partial charge in [0, 0.05) is 29.3 Å². The first kappa shape index (κ1) is 12.7. The maximum absolute atomic E-state index is 9.11. The molecule has 1 aromatic rings. The summed E-state index contributed by atoms with van der Waals surface area (Å²) in [6.07, 6.45) is 2.47. The number of anilines is 1. The summed E-state index contributed by atoms with van der Waals surface area (Å²) >= 11 is 6.03. The molecule has 0 bridgehead atoms. The van der Waals surface area contributed by atoms with Crippen molar-refractivity contribution in [2.45, 2.75) is 19.8 Å². The van der Waals surface area contributed by atoms with Crippen molar-refractivity contribution in [2.75, 3.05) is 18.0 Å². The van der Waals surface area contributed by atoms with Gasteiger partial charge in [-0.05, 0) is 30.9 Å². The molecule has 0 amide bonds. The Morgan fingerprint density at radius 1 is 1.41 bits per heavy atom. The molecule has 0 spiro atoms. The van der Waals surface area contributed by atoms with Crippen LogP contribution in [0.3, 0.4) is 0 Å². The Morgan fingerprint density at radius 3 is 2.76 bits per heavy atom. The maximum atomic E-state index is 9.11. The van der Waals surface area contributed by atoms with Crippen LogP contribution < -0.4 is 10.4 Å². The highest BCUT2D eigenvalue weighted by molar-refractivity contribution is 6.62. The molecule has 1 aliphatic rings. The van der Waals surface area contributed by atoms with Crippen molar-refractivity contribution < 1.29 is 10.0 Å². The lowest BCUT2D eigenvalue weighted by molar-refractivity contribution is 0.425. The van der Waals surface area contributed by atoms with E-state index in [4.69, 9.17) is 21.6 Å². The number of rotatable bonds is 2. The second-order valence-electron chi connectivity index (χ2n) is 4.77. The lowest BCUT2D eigenvalue weighted by Gasteiger charge is -2.33. The Labute approximate surface area is 107 Å². The molecule has 0 aliphatic carbocycles. The highest BCUT2D eigenvalue weighted by Crippen LogP contribution is 2.24. The monoisotopic (exact) mass is 253 g/mol. The highest BCUT2D eigenvalue weighted by Gasteiger charge is 2.19. The zero-order chi connectivity index (χ0) is 12.4. The molecule has 1 unspecified atom stereocenters. The standard InChI is InChI=1S/C12H17BClNO2/c1-9-3-2-6-15(8-9)10-4-5-11(13(16)17)12(14)7-10/h4-5,7,9,16-17H,2-3,6,8H2,1H3. The third-order valence-electron chi connectivity index (χ3n) is 3.28. The SMILES string of the molecule is CC1CCCN(c2ccc(B(O)O)c(Cl)c2)C1. The summed E-state index contributed by atoms with van der Waals surface area (Å²) < 4.78 is 0. The van der Waals surface area contributed by atoms with Crippen LogP contribution in [0.25, 0.3) is 0 Å². The first-order chi connectivity index (χ1) is 8.08. The largest absolute Gasteiger partial charge is 0.489 e. The number of hydrogen-bond donors (Lipinski definition) is 2. The van der Waals surface area contributed by atoms with Gasteiger partial charge < -0.3 is 14.9 Å². The predicted molar refractivity (Wildman–Crippen MR) is 71.9 cm³/mol. The van der Waals surface area contributed by atoms with Gasteiger partial charge in [0.05, 0.1) is 0 Å². The van der Waals surface area contributed by atoms with Crippen LogP contribution >= 0.6 is 11.6 Å². The van der Waals surface area contributed by atoms with E-state index in [2.05, 4.69) is 11.8 Å². The number of piperidine rings is 1. The molecule has 5 heteroatoms. The molecule has 0 radical (unpaired) electrons. The van der Waals surface area contributed by atoms with Crippen molar-refractivity contribution >= 4 is 29.9 Å². The van der Waals surface area contributed by atoms with E-state index in [0.717, 1.165) is 18.8 Å². The zero-order valence-corrected chi connectivity index (χ0v) is 10.7. The summed E-state index contributed by atoms with van der Waals surface area (Å²) in [6.45, 7) is 4.33. The third kappa shape index (κ3) is 2.95. The quantitative estimate of drug-likeness (QED) is 0.780. The minimum atomic E-state index is -1.50. The second kappa shape index (κ2) is 5.30. The Kier molecular flexibility index (Phi) is 3.97. The summed E-state index contributed by atoms with van der Waals surface area (Å²) in [6, 6.07) is 5.40. The first-order valence-electron chi connectivity index (χ1n) is 5.98. The van der Waals surface area contributed by atoms with E-state index >= 15 is 0 Å². The van der Waals surface area contributed by atoms with Gasteiger partial charge >= 0.3 is 7.12 Å². The molecular weight excluding hydrogens is 236 g/mol. The van der Waals surface area contributed by atoms with E-state index in [9.17, 15) is 0 Å². The minimum absolute atomic E-state index is 0.362. The molecule has 1 aliphatic heterocycles. The van der Waals surface area contributed by atoms with Crippen LogP contribution in [0.5, 0.6) is 0 Å². The van der Waals surface area contributed by atoms with Crippen molar-refractivity contribution in [3.05, 3.63) is 23.2 Å². The minimum Gasteiger partial charge on any atom is -0.423 e. The lowest BCUT2D eigenvalue weighted by atomic mass is 9.80. The van der Waals surface area contributed by atoms with Gasteiger partial charge in [-0.25, -0.2) is 0 Å². The van der Waals surface area contributed by atoms with E-state index in [0.29, 0.717) is 16.4 Å². The molecular formula is C12H17BClNO2. The van der Waals surface area contributed by atoms with E-state index in [-0.39, 0.29) is 0 Å². The molecule has 0 aromatic heterocycles. The Balaban J connectivity index is 2.19. The van der Waals surface area contributed by atoms with Crippen molar-refractivity contribution in [3.63, 3.8) is 0 Å². The number of benzene rings is 1. The third-order valence-corrected chi connectivity index (χ3v) is 3.61. The fourth-order valence-electron chi connectivity index (χ4n) is 2.35. The fourth-order valence-corrected chi connectivity index (χ4v) is 2.62. The van der Waals surface area contributed by atoms with E-state index in [1.165, 1.54) is 12.8 Å². The van der Waals surface area contributed by atoms with Crippen LogP contribution in [-0.4, -0.2) is 30.3 Å². The number of halogens is 1. The summed E-state index contributed by atoms with van der Waals surface area (Å²) in [5.74, 6) is 0.700. The summed E-state index contributed by atoms with van der Waals surface area (Å²) in [5, 5.41) is 18.6. The Morgan fingerprint density at radius 2 is 2.18 bits per heavy atom. The average Bonchev–Trinajstić information content (AvgIpc) is 2.28. The first-order valence-corrected chi connectivity index (χ1v) is 6.36. The van der Waals surface area contributed by atoms with Gasteiger partial charge in [-0.2, -0.15) is 0 Å². The van der Waals surface area contributed by atoms with Crippen molar-refractivity contribution in [3.8, 4) is 0 Å². The van der Waals surface area contributed by atoms with Crippen LogP contribution in [0.2, 0.25) is 5.02 Å². The molecule has 1 fully saturated rings. The second-order valence-corrected chi connectivity index (χ2v) is 5.18. The lowest BCUT2D eigenvalue weighted by Crippen LogP contribution is -2.35. The smallest absolute Gasteiger partial charge is 0.423 e. The molecule has 2 rings (SSSR count). The number of nitrogens with zero attached hydrogens (tertiary/aromatic N) is 1. The number of hydrogen-bond acceptors (Lipinski definition) is 3. The van der Waals surface area contributed by atoms with Crippen LogP contribution in [0.4, 0.5) is 5.69 Å². The van der Waals surface area contributed by atoms with Gasteiger partial charge in [0.15, 0.2) is 0 Å². The van der Waals surface area contributed by atoms with Crippen molar-refractivity contribution in [1.29, 1.82) is 0 Å². The summed E-state index contributed by atoms with van der Waals surface area (Å²) in [4.78, 5) is 2.30. The Bertz CT molecular complexity index is 400. The molecule has 1 aromatic carbocycles. The van der Waals surface area contributed by atoms with Gasteiger partial charge in [-0.15, -0.1) is 0 Å². The van der Waals surface area contributed by atoms with Gasteiger partial charge in [0.2, 0.25) is 0 Å².